The lowest BCUT2D eigenvalue weighted by Crippen LogP contribution is -2.34. The molecule has 0 aliphatic carbocycles. The summed E-state index contributed by atoms with van der Waals surface area (Å²) in [5.41, 5.74) is 0. The first-order valence-electron chi connectivity index (χ1n) is 3.51. The molecule has 0 rings (SSSR count). The molecule has 1 atom stereocenters. The molecule has 0 fully saturated rings. The molecule has 0 saturated carbocycles. The fourth-order valence-electron chi connectivity index (χ4n) is 0.558. The molecule has 2 N–H and O–H groups in total. The normalized spacial score (nSPS) is 16.7. The van der Waals surface area contributed by atoms with Crippen molar-refractivity contribution >= 4 is 12.4 Å². The quantitative estimate of drug-likeness (QED) is 0.571. The van der Waals surface area contributed by atoms with Gasteiger partial charge in [-0.05, 0) is 6.42 Å². The van der Waals surface area contributed by atoms with E-state index in [1.54, 1.807) is 6.92 Å². The average Bonchev–Trinajstić information content (AvgIpc) is 1.87. The van der Waals surface area contributed by atoms with Crippen LogP contribution in [0, 0.1) is 0 Å². The van der Waals surface area contributed by atoms with E-state index in [4.69, 9.17) is 6.48 Å². The van der Waals surface area contributed by atoms with E-state index in [0.29, 0.717) is 12.7 Å². The van der Waals surface area contributed by atoms with Crippen LogP contribution in [0.15, 0.2) is 0 Å². The molecule has 0 aromatic rings. The van der Waals surface area contributed by atoms with Crippen molar-refractivity contribution in [2.45, 2.75) is 25.8 Å². The van der Waals surface area contributed by atoms with Crippen molar-refractivity contribution in [2.24, 2.45) is 0 Å². The molecule has 10 heavy (non-hydrogen) atoms. The van der Waals surface area contributed by atoms with Crippen LogP contribution < -0.4 is 5.32 Å². The summed E-state index contributed by atoms with van der Waals surface area (Å²) in [6, 6.07) is -1.67. The van der Waals surface area contributed by atoms with Gasteiger partial charge in [0.1, 0.15) is 6.29 Å². The standard InChI is InChI=1S/C6H11NO3/c1-2-3-5(4-8)7-6(9)10/h4-5,7H,2-3H2,1H3,(H,9,10)/i5D. The summed E-state index contributed by atoms with van der Waals surface area (Å²) >= 11 is 0. The number of nitrogens with one attached hydrogen (secondary N) is 1. The fraction of sp³-hybridized carbons (Fsp3) is 0.667. The van der Waals surface area contributed by atoms with Crippen molar-refractivity contribution in [3.63, 3.8) is 0 Å². The molecule has 0 bridgehead atoms. The highest BCUT2D eigenvalue weighted by molar-refractivity contribution is 5.71. The van der Waals surface area contributed by atoms with Crippen molar-refractivity contribution in [3.8, 4) is 0 Å². The number of aldehydes is 1. The highest BCUT2D eigenvalue weighted by Gasteiger charge is 2.06. The molecule has 4 heteroatoms. The van der Waals surface area contributed by atoms with E-state index in [1.807, 2.05) is 5.32 Å². The zero-order valence-corrected chi connectivity index (χ0v) is 5.76. The Kier molecular flexibility index (Phi) is 3.37. The minimum absolute atomic E-state index is 0.197. The Morgan fingerprint density at radius 3 is 2.90 bits per heavy atom. The molecule has 0 aromatic heterocycles. The smallest absolute Gasteiger partial charge is 0.405 e. The van der Waals surface area contributed by atoms with Gasteiger partial charge in [0.25, 0.3) is 0 Å². The van der Waals surface area contributed by atoms with Crippen LogP contribution in [-0.2, 0) is 4.79 Å². The topological polar surface area (TPSA) is 66.4 Å². The molecular formula is C6H11NO3. The summed E-state index contributed by atoms with van der Waals surface area (Å²) in [6.07, 6.45) is -0.267. The van der Waals surface area contributed by atoms with Gasteiger partial charge < -0.3 is 15.2 Å². The van der Waals surface area contributed by atoms with E-state index in [2.05, 4.69) is 0 Å². The molecule has 0 aliphatic rings. The Bertz CT molecular complexity index is 162. The lowest BCUT2D eigenvalue weighted by atomic mass is 10.2. The molecule has 1 amide bonds. The number of hydrogen-bond donors (Lipinski definition) is 2. The van der Waals surface area contributed by atoms with E-state index >= 15 is 0 Å². The maximum atomic E-state index is 10.2. The summed E-state index contributed by atoms with van der Waals surface area (Å²) in [7, 11) is 0. The number of carboxylic acid groups (broad SMARTS) is 1. The van der Waals surface area contributed by atoms with Gasteiger partial charge in [0.2, 0.25) is 0 Å². The van der Waals surface area contributed by atoms with Gasteiger partial charge >= 0.3 is 6.09 Å². The molecule has 58 valence electrons. The van der Waals surface area contributed by atoms with Crippen molar-refractivity contribution < 1.29 is 16.1 Å². The number of amides is 1. The van der Waals surface area contributed by atoms with E-state index < -0.39 is 12.1 Å². The van der Waals surface area contributed by atoms with Crippen molar-refractivity contribution in [2.75, 3.05) is 0 Å². The first-order chi connectivity index (χ1) is 5.04. The molecule has 0 heterocycles. The Labute approximate surface area is 60.6 Å². The Hall–Kier alpha value is -1.06. The van der Waals surface area contributed by atoms with Crippen molar-refractivity contribution in [1.29, 1.82) is 0 Å². The van der Waals surface area contributed by atoms with E-state index in [9.17, 15) is 9.59 Å². The Morgan fingerprint density at radius 1 is 2.00 bits per heavy atom. The van der Waals surface area contributed by atoms with Crippen molar-refractivity contribution in [1.82, 2.24) is 5.32 Å². The van der Waals surface area contributed by atoms with E-state index in [-0.39, 0.29) is 6.42 Å². The van der Waals surface area contributed by atoms with Crippen LogP contribution in [0.25, 0.3) is 0 Å². The van der Waals surface area contributed by atoms with Crippen LogP contribution in [0.5, 0.6) is 0 Å². The van der Waals surface area contributed by atoms with Gasteiger partial charge in [-0.15, -0.1) is 0 Å². The van der Waals surface area contributed by atoms with Crippen LogP contribution in [-0.4, -0.2) is 23.5 Å². The summed E-state index contributed by atoms with van der Waals surface area (Å²) in [5, 5.41) is 10.0. The summed E-state index contributed by atoms with van der Waals surface area (Å²) in [4.78, 5) is 20.3. The van der Waals surface area contributed by atoms with Gasteiger partial charge in [-0.1, -0.05) is 13.3 Å². The van der Waals surface area contributed by atoms with Crippen LogP contribution >= 0.6 is 0 Å². The molecule has 0 aliphatic heterocycles. The molecule has 0 radical (unpaired) electrons. The summed E-state index contributed by atoms with van der Waals surface area (Å²) in [5.74, 6) is 0. The van der Waals surface area contributed by atoms with Gasteiger partial charge in [0, 0.05) is 0 Å². The lowest BCUT2D eigenvalue weighted by molar-refractivity contribution is -0.109. The maximum absolute atomic E-state index is 10.2. The average molecular weight is 146 g/mol. The number of carbonyl (C=O) groups is 2. The van der Waals surface area contributed by atoms with Gasteiger partial charge in [0.05, 0.1) is 7.39 Å². The van der Waals surface area contributed by atoms with Gasteiger partial charge in [-0.3, -0.25) is 0 Å². The summed E-state index contributed by atoms with van der Waals surface area (Å²) < 4.78 is 7.24. The Balaban J connectivity index is 4.09. The second-order valence-corrected chi connectivity index (χ2v) is 1.82. The Morgan fingerprint density at radius 2 is 2.60 bits per heavy atom. The third-order valence-corrected chi connectivity index (χ3v) is 0.929. The van der Waals surface area contributed by atoms with Gasteiger partial charge in [0.15, 0.2) is 0 Å². The van der Waals surface area contributed by atoms with Crippen LogP contribution in [0.4, 0.5) is 4.79 Å². The maximum Gasteiger partial charge on any atom is 0.405 e. The predicted molar refractivity (Wildman–Crippen MR) is 35.9 cm³/mol. The second kappa shape index (κ2) is 4.78. The van der Waals surface area contributed by atoms with E-state index in [0.717, 1.165) is 0 Å². The largest absolute Gasteiger partial charge is 0.465 e. The predicted octanol–water partition coefficient (Wildman–Crippen LogP) is 0.622. The zero-order valence-electron chi connectivity index (χ0n) is 6.76. The molecule has 4 nitrogen and oxygen atoms in total. The monoisotopic (exact) mass is 146 g/mol. The van der Waals surface area contributed by atoms with Crippen LogP contribution in [0.3, 0.4) is 0 Å². The first-order valence-corrected chi connectivity index (χ1v) is 3.01. The minimum atomic E-state index is -1.67. The van der Waals surface area contributed by atoms with Crippen LogP contribution in [0.2, 0.25) is 0 Å². The van der Waals surface area contributed by atoms with Gasteiger partial charge in [-0.2, -0.15) is 0 Å². The number of rotatable bonds is 4. The van der Waals surface area contributed by atoms with E-state index in [1.165, 1.54) is 0 Å². The fourth-order valence-corrected chi connectivity index (χ4v) is 0.558. The van der Waals surface area contributed by atoms with Gasteiger partial charge in [-0.25, -0.2) is 4.79 Å². The molecule has 0 saturated heterocycles. The SMILES string of the molecule is [2H]C(C=O)(CCC)NC(=O)O. The lowest BCUT2D eigenvalue weighted by Gasteiger charge is -2.06. The highest BCUT2D eigenvalue weighted by atomic mass is 16.4. The first kappa shape index (κ1) is 7.05. The number of hydrogen-bond acceptors (Lipinski definition) is 2. The second-order valence-electron chi connectivity index (χ2n) is 1.82. The highest BCUT2D eigenvalue weighted by Crippen LogP contribution is 1.91. The third-order valence-electron chi connectivity index (χ3n) is 0.929. The van der Waals surface area contributed by atoms with Crippen LogP contribution in [0.1, 0.15) is 21.1 Å². The van der Waals surface area contributed by atoms with Crippen molar-refractivity contribution in [3.05, 3.63) is 0 Å². The summed E-state index contributed by atoms with van der Waals surface area (Å²) in [6.45, 7) is 1.77. The molecule has 0 aromatic carbocycles. The molecule has 0 spiro atoms. The number of carbonyl (C=O) groups excluding carboxylic acids is 1. The molecular weight excluding hydrogens is 134 g/mol. The third kappa shape index (κ3) is 3.88. The molecule has 1 unspecified atom stereocenters. The minimum Gasteiger partial charge on any atom is -0.465 e. The zero-order chi connectivity index (χ0) is 8.91.